The van der Waals surface area contributed by atoms with E-state index in [1.54, 1.807) is 6.07 Å². The second-order valence-corrected chi connectivity index (χ2v) is 5.97. The molecule has 21 heavy (non-hydrogen) atoms. The van der Waals surface area contributed by atoms with Gasteiger partial charge in [-0.25, -0.2) is 4.39 Å². The predicted octanol–water partition coefficient (Wildman–Crippen LogP) is 3.99. The van der Waals surface area contributed by atoms with Gasteiger partial charge in [0.1, 0.15) is 0 Å². The molecule has 0 saturated heterocycles. The molecule has 0 radical (unpaired) electrons. The van der Waals surface area contributed by atoms with E-state index in [0.717, 1.165) is 22.0 Å². The summed E-state index contributed by atoms with van der Waals surface area (Å²) in [6, 6.07) is 12.9. The minimum Gasteiger partial charge on any atom is -0.494 e. The van der Waals surface area contributed by atoms with E-state index in [1.807, 2.05) is 30.3 Å². The normalized spacial score (nSPS) is 12.2. The minimum atomic E-state index is -0.367. The molecule has 0 heterocycles. The zero-order valence-electron chi connectivity index (χ0n) is 11.9. The molecule has 0 amide bonds. The van der Waals surface area contributed by atoms with Crippen LogP contribution in [0.4, 0.5) is 4.39 Å². The van der Waals surface area contributed by atoms with E-state index in [0.29, 0.717) is 6.42 Å². The first-order chi connectivity index (χ1) is 10.1. The maximum Gasteiger partial charge on any atom is 0.165 e. The van der Waals surface area contributed by atoms with Gasteiger partial charge >= 0.3 is 0 Å². The van der Waals surface area contributed by atoms with Crippen molar-refractivity contribution < 1.29 is 14.2 Å². The van der Waals surface area contributed by atoms with Gasteiger partial charge in [-0.2, -0.15) is 0 Å². The summed E-state index contributed by atoms with van der Waals surface area (Å²) in [5.74, 6) is -0.0625. The van der Waals surface area contributed by atoms with Crippen molar-refractivity contribution in [1.82, 2.24) is 0 Å². The van der Waals surface area contributed by atoms with Crippen molar-refractivity contribution >= 4 is 15.9 Å². The molecule has 2 aromatic carbocycles. The molecule has 1 atom stereocenters. The first kappa shape index (κ1) is 16.0. The minimum absolute atomic E-state index is 0.0621. The lowest BCUT2D eigenvalue weighted by atomic mass is 9.93. The Labute approximate surface area is 132 Å². The van der Waals surface area contributed by atoms with Gasteiger partial charge in [-0.1, -0.05) is 34.1 Å². The SMILES string of the molecule is COc1ccc(CC(CO)Cc2cccc(Br)c2)cc1F. The molecule has 2 nitrogen and oxygen atoms in total. The molecule has 0 aliphatic heterocycles. The van der Waals surface area contributed by atoms with Gasteiger partial charge in [0.15, 0.2) is 11.6 Å². The lowest BCUT2D eigenvalue weighted by molar-refractivity contribution is 0.225. The summed E-state index contributed by atoms with van der Waals surface area (Å²) in [5, 5.41) is 9.56. The van der Waals surface area contributed by atoms with Crippen LogP contribution in [0, 0.1) is 11.7 Å². The van der Waals surface area contributed by atoms with Crippen LogP contribution in [0.15, 0.2) is 46.9 Å². The fourth-order valence-corrected chi connectivity index (χ4v) is 2.82. The molecule has 0 aromatic heterocycles. The number of hydrogen-bond donors (Lipinski definition) is 1. The quantitative estimate of drug-likeness (QED) is 0.851. The van der Waals surface area contributed by atoms with Crippen LogP contribution < -0.4 is 4.74 Å². The van der Waals surface area contributed by atoms with Crippen LogP contribution in [0.25, 0.3) is 0 Å². The molecule has 4 heteroatoms. The molecule has 1 N–H and O–H groups in total. The maximum absolute atomic E-state index is 13.7. The molecule has 0 aliphatic carbocycles. The van der Waals surface area contributed by atoms with Crippen LogP contribution >= 0.6 is 15.9 Å². The fourth-order valence-electron chi connectivity index (χ4n) is 2.37. The summed E-state index contributed by atoms with van der Waals surface area (Å²) in [7, 11) is 1.45. The van der Waals surface area contributed by atoms with Crippen molar-refractivity contribution in [2.45, 2.75) is 12.8 Å². The van der Waals surface area contributed by atoms with Gasteiger partial charge in [0.25, 0.3) is 0 Å². The first-order valence-corrected chi connectivity index (χ1v) is 7.59. The molecule has 0 saturated carbocycles. The third kappa shape index (κ3) is 4.55. The average Bonchev–Trinajstić information content (AvgIpc) is 2.47. The largest absolute Gasteiger partial charge is 0.494 e. The van der Waals surface area contributed by atoms with Crippen molar-refractivity contribution in [3.8, 4) is 5.75 Å². The van der Waals surface area contributed by atoms with Gasteiger partial charge in [-0.3, -0.25) is 0 Å². The highest BCUT2D eigenvalue weighted by atomic mass is 79.9. The van der Waals surface area contributed by atoms with E-state index in [4.69, 9.17) is 4.74 Å². The van der Waals surface area contributed by atoms with Crippen LogP contribution in [0.1, 0.15) is 11.1 Å². The Morgan fingerprint density at radius 1 is 1.14 bits per heavy atom. The Hall–Kier alpha value is -1.39. The molecular weight excluding hydrogens is 335 g/mol. The van der Waals surface area contributed by atoms with Crippen LogP contribution in [-0.2, 0) is 12.8 Å². The van der Waals surface area contributed by atoms with Gasteiger partial charge in [0.05, 0.1) is 7.11 Å². The number of aliphatic hydroxyl groups excluding tert-OH is 1. The Bertz CT molecular complexity index is 601. The van der Waals surface area contributed by atoms with E-state index >= 15 is 0 Å². The third-order valence-electron chi connectivity index (χ3n) is 3.41. The third-order valence-corrected chi connectivity index (χ3v) is 3.91. The molecule has 0 bridgehead atoms. The second-order valence-electron chi connectivity index (χ2n) is 5.06. The van der Waals surface area contributed by atoms with Crippen LogP contribution in [-0.4, -0.2) is 18.8 Å². The highest BCUT2D eigenvalue weighted by Crippen LogP contribution is 2.22. The van der Waals surface area contributed by atoms with Crippen molar-refractivity contribution in [3.63, 3.8) is 0 Å². The first-order valence-electron chi connectivity index (χ1n) is 6.80. The Morgan fingerprint density at radius 2 is 1.86 bits per heavy atom. The fraction of sp³-hybridized carbons (Fsp3) is 0.294. The van der Waals surface area contributed by atoms with Gasteiger partial charge in [-0.05, 0) is 54.2 Å². The zero-order valence-corrected chi connectivity index (χ0v) is 13.4. The van der Waals surface area contributed by atoms with E-state index in [2.05, 4.69) is 15.9 Å². The smallest absolute Gasteiger partial charge is 0.165 e. The Balaban J connectivity index is 2.07. The monoisotopic (exact) mass is 352 g/mol. The summed E-state index contributed by atoms with van der Waals surface area (Å²) < 4.78 is 19.6. The lowest BCUT2D eigenvalue weighted by Gasteiger charge is -2.15. The van der Waals surface area contributed by atoms with Crippen molar-refractivity contribution in [2.24, 2.45) is 5.92 Å². The molecule has 112 valence electrons. The summed E-state index contributed by atoms with van der Waals surface area (Å²) in [6.07, 6.45) is 1.38. The van der Waals surface area contributed by atoms with Gasteiger partial charge in [0, 0.05) is 11.1 Å². The van der Waals surface area contributed by atoms with Crippen molar-refractivity contribution in [3.05, 3.63) is 63.9 Å². The Kier molecular flexibility index (Phi) is 5.76. The Morgan fingerprint density at radius 3 is 2.43 bits per heavy atom. The number of ether oxygens (including phenoxy) is 1. The summed E-state index contributed by atoms with van der Waals surface area (Å²) in [4.78, 5) is 0. The number of methoxy groups -OCH3 is 1. The molecule has 2 rings (SSSR count). The highest BCUT2D eigenvalue weighted by Gasteiger charge is 2.12. The number of hydrogen-bond acceptors (Lipinski definition) is 2. The molecule has 2 aromatic rings. The van der Waals surface area contributed by atoms with Crippen LogP contribution in [0.3, 0.4) is 0 Å². The molecule has 0 fully saturated rings. The van der Waals surface area contributed by atoms with Gasteiger partial charge in [-0.15, -0.1) is 0 Å². The average molecular weight is 353 g/mol. The van der Waals surface area contributed by atoms with E-state index < -0.39 is 0 Å². The highest BCUT2D eigenvalue weighted by molar-refractivity contribution is 9.10. The van der Waals surface area contributed by atoms with E-state index in [1.165, 1.54) is 13.2 Å². The predicted molar refractivity (Wildman–Crippen MR) is 85.1 cm³/mol. The molecule has 1 unspecified atom stereocenters. The van der Waals surface area contributed by atoms with Crippen LogP contribution in [0.2, 0.25) is 0 Å². The van der Waals surface area contributed by atoms with Crippen molar-refractivity contribution in [1.29, 1.82) is 0 Å². The van der Waals surface area contributed by atoms with Gasteiger partial charge < -0.3 is 9.84 Å². The molecule has 0 spiro atoms. The number of halogens is 2. The van der Waals surface area contributed by atoms with E-state index in [9.17, 15) is 9.50 Å². The van der Waals surface area contributed by atoms with Gasteiger partial charge in [0.2, 0.25) is 0 Å². The van der Waals surface area contributed by atoms with E-state index in [-0.39, 0.29) is 24.1 Å². The maximum atomic E-state index is 13.7. The summed E-state index contributed by atoms with van der Waals surface area (Å²) in [5.41, 5.74) is 2.01. The number of benzene rings is 2. The number of rotatable bonds is 6. The van der Waals surface area contributed by atoms with Crippen molar-refractivity contribution in [2.75, 3.05) is 13.7 Å². The standard InChI is InChI=1S/C17H18BrFO2/c1-21-17-6-5-13(10-16(17)19)8-14(11-20)7-12-3-2-4-15(18)9-12/h2-6,9-10,14,20H,7-8,11H2,1H3. The second kappa shape index (κ2) is 7.57. The van der Waals surface area contributed by atoms with Crippen LogP contribution in [0.5, 0.6) is 5.75 Å². The molecule has 0 aliphatic rings. The summed E-state index contributed by atoms with van der Waals surface area (Å²) in [6.45, 7) is 0.0696. The summed E-state index contributed by atoms with van der Waals surface area (Å²) >= 11 is 3.44. The lowest BCUT2D eigenvalue weighted by Crippen LogP contribution is -2.13. The number of aliphatic hydroxyl groups is 1. The zero-order chi connectivity index (χ0) is 15.2. The molecular formula is C17H18BrFO2. The topological polar surface area (TPSA) is 29.5 Å².